The second-order valence-corrected chi connectivity index (χ2v) is 6.51. The first-order valence-electron chi connectivity index (χ1n) is 8.51. The van der Waals surface area contributed by atoms with Crippen LogP contribution in [0.5, 0.6) is 0 Å². The average molecular weight is 271 g/mol. The Hall–Kier alpha value is -0.0800. The fraction of sp³-hybridized carbons (Fsp3) is 1.00. The molecular formula is C17H37NO. The minimum absolute atomic E-state index is 0.0584. The van der Waals surface area contributed by atoms with Gasteiger partial charge in [-0.05, 0) is 26.7 Å². The molecule has 116 valence electrons. The van der Waals surface area contributed by atoms with E-state index in [1.54, 1.807) is 0 Å². The molecule has 0 aliphatic carbocycles. The Balaban J connectivity index is 3.42. The van der Waals surface area contributed by atoms with Crippen LogP contribution in [0.1, 0.15) is 98.3 Å². The molecule has 0 aromatic carbocycles. The molecule has 0 atom stereocenters. The predicted octanol–water partition coefficient (Wildman–Crippen LogP) is 5.79. The van der Waals surface area contributed by atoms with Crippen molar-refractivity contribution in [2.75, 3.05) is 6.54 Å². The molecule has 0 aromatic rings. The Bertz CT molecular complexity index is 192. The summed E-state index contributed by atoms with van der Waals surface area (Å²) >= 11 is 0. The molecule has 19 heavy (non-hydrogen) atoms. The summed E-state index contributed by atoms with van der Waals surface area (Å²) in [5.74, 6) is 0. The van der Waals surface area contributed by atoms with Gasteiger partial charge < -0.3 is 5.21 Å². The van der Waals surface area contributed by atoms with Crippen LogP contribution in [0.3, 0.4) is 0 Å². The van der Waals surface area contributed by atoms with Gasteiger partial charge in [0.1, 0.15) is 0 Å². The molecule has 2 heteroatoms. The van der Waals surface area contributed by atoms with Gasteiger partial charge >= 0.3 is 0 Å². The van der Waals surface area contributed by atoms with E-state index in [9.17, 15) is 5.21 Å². The summed E-state index contributed by atoms with van der Waals surface area (Å²) in [5.41, 5.74) is -0.0584. The van der Waals surface area contributed by atoms with Crippen LogP contribution in [0, 0.1) is 0 Å². The summed E-state index contributed by atoms with van der Waals surface area (Å²) < 4.78 is 0. The van der Waals surface area contributed by atoms with Crippen molar-refractivity contribution in [3.05, 3.63) is 0 Å². The number of nitrogens with zero attached hydrogens (tertiary/aromatic N) is 1. The first-order valence-corrected chi connectivity index (χ1v) is 8.51. The van der Waals surface area contributed by atoms with Crippen molar-refractivity contribution in [3.63, 3.8) is 0 Å². The van der Waals surface area contributed by atoms with E-state index < -0.39 is 0 Å². The molecule has 0 fully saturated rings. The van der Waals surface area contributed by atoms with Crippen LogP contribution < -0.4 is 0 Å². The number of hydrogen-bond donors (Lipinski definition) is 1. The van der Waals surface area contributed by atoms with Crippen molar-refractivity contribution in [1.82, 2.24) is 5.06 Å². The molecule has 0 aromatic heterocycles. The summed E-state index contributed by atoms with van der Waals surface area (Å²) in [6.07, 6.45) is 14.4. The number of hydroxylamine groups is 2. The van der Waals surface area contributed by atoms with Crippen molar-refractivity contribution in [1.29, 1.82) is 0 Å². The van der Waals surface area contributed by atoms with Crippen LogP contribution in [0.15, 0.2) is 0 Å². The fourth-order valence-corrected chi connectivity index (χ4v) is 2.51. The third kappa shape index (κ3) is 10.4. The van der Waals surface area contributed by atoms with Crippen molar-refractivity contribution in [2.24, 2.45) is 0 Å². The van der Waals surface area contributed by atoms with E-state index in [-0.39, 0.29) is 5.54 Å². The van der Waals surface area contributed by atoms with E-state index >= 15 is 0 Å². The van der Waals surface area contributed by atoms with Crippen LogP contribution in [0.25, 0.3) is 0 Å². The van der Waals surface area contributed by atoms with E-state index in [0.29, 0.717) is 0 Å². The molecule has 0 aliphatic heterocycles. The molecule has 0 saturated carbocycles. The number of hydrogen-bond acceptors (Lipinski definition) is 2. The van der Waals surface area contributed by atoms with Crippen molar-refractivity contribution in [2.45, 2.75) is 104 Å². The maximum atomic E-state index is 9.93. The topological polar surface area (TPSA) is 23.5 Å². The number of rotatable bonds is 13. The Kier molecular flexibility index (Phi) is 11.7. The number of unbranched alkanes of at least 4 members (excludes halogenated alkanes) is 8. The lowest BCUT2D eigenvalue weighted by Gasteiger charge is -2.33. The maximum Gasteiger partial charge on any atom is 0.0404 e. The summed E-state index contributed by atoms with van der Waals surface area (Å²) in [7, 11) is 0. The van der Waals surface area contributed by atoms with Crippen LogP contribution in [0.2, 0.25) is 0 Å². The molecule has 0 spiro atoms. The molecule has 0 unspecified atom stereocenters. The Morgan fingerprint density at radius 2 is 1.21 bits per heavy atom. The fourth-order valence-electron chi connectivity index (χ4n) is 2.51. The molecule has 0 bridgehead atoms. The smallest absolute Gasteiger partial charge is 0.0404 e. The molecule has 0 rings (SSSR count). The van der Waals surface area contributed by atoms with Gasteiger partial charge in [-0.2, -0.15) is 5.06 Å². The minimum atomic E-state index is -0.0584. The summed E-state index contributed by atoms with van der Waals surface area (Å²) in [4.78, 5) is 0. The van der Waals surface area contributed by atoms with Crippen LogP contribution in [-0.4, -0.2) is 22.4 Å². The SMILES string of the molecule is CCCCCCCCCCCC(C)(C)N(O)CCC. The highest BCUT2D eigenvalue weighted by Gasteiger charge is 2.23. The third-order valence-corrected chi connectivity index (χ3v) is 4.03. The van der Waals surface area contributed by atoms with Crippen molar-refractivity contribution in [3.8, 4) is 0 Å². The average Bonchev–Trinajstić information content (AvgIpc) is 2.37. The van der Waals surface area contributed by atoms with E-state index in [1.807, 2.05) is 0 Å². The van der Waals surface area contributed by atoms with Gasteiger partial charge in [0.05, 0.1) is 0 Å². The van der Waals surface area contributed by atoms with Gasteiger partial charge in [0.2, 0.25) is 0 Å². The van der Waals surface area contributed by atoms with E-state index in [4.69, 9.17) is 0 Å². The zero-order chi connectivity index (χ0) is 14.6. The first-order chi connectivity index (χ1) is 9.04. The minimum Gasteiger partial charge on any atom is -0.313 e. The van der Waals surface area contributed by atoms with Crippen molar-refractivity contribution < 1.29 is 5.21 Å². The molecule has 0 radical (unpaired) electrons. The molecule has 0 saturated heterocycles. The molecule has 0 amide bonds. The lowest BCUT2D eigenvalue weighted by molar-refractivity contribution is -0.164. The highest BCUT2D eigenvalue weighted by molar-refractivity contribution is 4.75. The van der Waals surface area contributed by atoms with Gasteiger partial charge in [-0.25, -0.2) is 0 Å². The van der Waals surface area contributed by atoms with Crippen LogP contribution in [-0.2, 0) is 0 Å². The highest BCUT2D eigenvalue weighted by Crippen LogP contribution is 2.21. The Labute approximate surface area is 121 Å². The zero-order valence-electron chi connectivity index (χ0n) is 13.9. The monoisotopic (exact) mass is 271 g/mol. The zero-order valence-corrected chi connectivity index (χ0v) is 13.9. The first kappa shape index (κ1) is 18.9. The molecular weight excluding hydrogens is 234 g/mol. The summed E-state index contributed by atoms with van der Waals surface area (Å²) in [5, 5.41) is 11.5. The Morgan fingerprint density at radius 3 is 1.68 bits per heavy atom. The third-order valence-electron chi connectivity index (χ3n) is 4.03. The van der Waals surface area contributed by atoms with E-state index in [0.717, 1.165) is 19.4 Å². The normalized spacial score (nSPS) is 12.3. The van der Waals surface area contributed by atoms with Crippen molar-refractivity contribution >= 4 is 0 Å². The molecule has 1 N–H and O–H groups in total. The quantitative estimate of drug-likeness (QED) is 0.338. The molecule has 0 aliphatic rings. The van der Waals surface area contributed by atoms with Crippen LogP contribution in [0.4, 0.5) is 0 Å². The standard InChI is InChI=1S/C17H37NO/c1-5-7-8-9-10-11-12-13-14-15-17(3,4)18(19)16-6-2/h19H,5-16H2,1-4H3. The molecule has 2 nitrogen and oxygen atoms in total. The second-order valence-electron chi connectivity index (χ2n) is 6.51. The predicted molar refractivity (Wildman–Crippen MR) is 84.7 cm³/mol. The molecule has 0 heterocycles. The summed E-state index contributed by atoms with van der Waals surface area (Å²) in [6, 6.07) is 0. The van der Waals surface area contributed by atoms with Gasteiger partial charge in [0.25, 0.3) is 0 Å². The van der Waals surface area contributed by atoms with Gasteiger partial charge in [-0.15, -0.1) is 0 Å². The lowest BCUT2D eigenvalue weighted by Crippen LogP contribution is -2.41. The van der Waals surface area contributed by atoms with Gasteiger partial charge in [-0.3, -0.25) is 0 Å². The lowest BCUT2D eigenvalue weighted by atomic mass is 9.95. The van der Waals surface area contributed by atoms with E-state index in [1.165, 1.54) is 62.9 Å². The maximum absolute atomic E-state index is 9.93. The van der Waals surface area contributed by atoms with Gasteiger partial charge in [0, 0.05) is 12.1 Å². The second kappa shape index (κ2) is 11.7. The van der Waals surface area contributed by atoms with Gasteiger partial charge in [-0.1, -0.05) is 71.6 Å². The van der Waals surface area contributed by atoms with Crippen LogP contribution >= 0.6 is 0 Å². The highest BCUT2D eigenvalue weighted by atomic mass is 16.5. The van der Waals surface area contributed by atoms with E-state index in [2.05, 4.69) is 27.7 Å². The summed E-state index contributed by atoms with van der Waals surface area (Å²) in [6.45, 7) is 9.45. The Morgan fingerprint density at radius 1 is 0.737 bits per heavy atom. The van der Waals surface area contributed by atoms with Gasteiger partial charge in [0.15, 0.2) is 0 Å². The largest absolute Gasteiger partial charge is 0.313 e.